The molecule has 1 saturated heterocycles. The topological polar surface area (TPSA) is 66.5 Å². The number of carbonyl (C=O) groups excluding carboxylic acids is 3. The van der Waals surface area contributed by atoms with Crippen LogP contribution in [0.5, 0.6) is 0 Å². The van der Waals surface area contributed by atoms with Crippen molar-refractivity contribution in [3.63, 3.8) is 0 Å². The Morgan fingerprint density at radius 3 is 1.80 bits per heavy atom. The van der Waals surface area contributed by atoms with Crippen molar-refractivity contribution in [3.8, 4) is 0 Å². The number of nitrogens with one attached hydrogen (secondary N) is 1. The minimum atomic E-state index is -1.16. The van der Waals surface area contributed by atoms with Crippen LogP contribution in [0.1, 0.15) is 59.1 Å². The van der Waals surface area contributed by atoms with Crippen LogP contribution in [0.25, 0.3) is 0 Å². The van der Waals surface area contributed by atoms with E-state index in [4.69, 9.17) is 23.2 Å². The summed E-state index contributed by atoms with van der Waals surface area (Å²) in [7, 11) is 0. The Bertz CT molecular complexity index is 1450. The van der Waals surface area contributed by atoms with Crippen LogP contribution in [0.15, 0.2) is 65.1 Å². The van der Waals surface area contributed by atoms with Gasteiger partial charge in [-0.3, -0.25) is 19.3 Å². The molecule has 5 nitrogen and oxygen atoms in total. The van der Waals surface area contributed by atoms with E-state index in [1.165, 1.54) is 4.90 Å². The van der Waals surface area contributed by atoms with Gasteiger partial charge in [0.05, 0.1) is 11.8 Å². The third-order valence-electron chi connectivity index (χ3n) is 8.96. The lowest BCUT2D eigenvalue weighted by Gasteiger charge is -2.54. The van der Waals surface area contributed by atoms with E-state index in [0.717, 1.165) is 43.5 Å². The normalized spacial score (nSPS) is 26.0. The number of benzene rings is 3. The zero-order valence-corrected chi connectivity index (χ0v) is 25.4. The van der Waals surface area contributed by atoms with Gasteiger partial charge >= 0.3 is 0 Å². The number of rotatable bonds is 7. The van der Waals surface area contributed by atoms with Crippen LogP contribution in [0, 0.1) is 25.7 Å². The molecule has 0 radical (unpaired) electrons. The molecule has 0 unspecified atom stereocenters. The van der Waals surface area contributed by atoms with Crippen molar-refractivity contribution in [2.45, 2.75) is 49.3 Å². The van der Waals surface area contributed by atoms with E-state index in [9.17, 15) is 14.4 Å². The molecule has 2 bridgehead atoms. The fourth-order valence-corrected chi connectivity index (χ4v) is 8.34. The van der Waals surface area contributed by atoms with Gasteiger partial charge in [0.15, 0.2) is 0 Å². The van der Waals surface area contributed by atoms with Crippen LogP contribution in [0.4, 0.5) is 5.69 Å². The summed E-state index contributed by atoms with van der Waals surface area (Å²) in [5.41, 5.74) is 6.14. The second-order valence-electron chi connectivity index (χ2n) is 11.0. The van der Waals surface area contributed by atoms with Crippen LogP contribution in [0.2, 0.25) is 0 Å². The molecule has 1 N–H and O–H groups in total. The predicted octanol–water partition coefficient (Wildman–Crippen LogP) is 7.16. The highest BCUT2D eigenvalue weighted by atomic mass is 79.9. The van der Waals surface area contributed by atoms with Gasteiger partial charge in [-0.25, -0.2) is 0 Å². The van der Waals surface area contributed by atoms with E-state index in [0.29, 0.717) is 25.7 Å². The van der Waals surface area contributed by atoms with Crippen molar-refractivity contribution in [3.05, 3.63) is 98.5 Å². The summed E-state index contributed by atoms with van der Waals surface area (Å²) >= 11 is 18.4. The SMILES string of the molecule is Cc1c(Br)ccc(NC(=O)CCCCCN2C(=O)[C@@H]3[C@@H](C2=O)C2(Cl)c4ccccc4C3(Cl)c3ccccc32)c1C. The first-order valence-corrected chi connectivity index (χ1v) is 15.1. The minimum absolute atomic E-state index is 0.0514. The number of unbranched alkanes of at least 4 members (excludes halogenated alkanes) is 2. The molecular weight excluding hydrogens is 611 g/mol. The summed E-state index contributed by atoms with van der Waals surface area (Å²) in [5.74, 6) is -2.13. The van der Waals surface area contributed by atoms with Gasteiger partial charge in [0.1, 0.15) is 9.75 Å². The second-order valence-corrected chi connectivity index (χ2v) is 13.0. The van der Waals surface area contributed by atoms with Crippen molar-refractivity contribution in [2.75, 3.05) is 11.9 Å². The maximum Gasteiger partial charge on any atom is 0.235 e. The Balaban J connectivity index is 1.14. The number of hydrogen-bond acceptors (Lipinski definition) is 3. The van der Waals surface area contributed by atoms with E-state index in [-0.39, 0.29) is 24.3 Å². The Morgan fingerprint density at radius 1 is 0.800 bits per heavy atom. The quantitative estimate of drug-likeness (QED) is 0.170. The molecule has 0 saturated carbocycles. The van der Waals surface area contributed by atoms with E-state index in [1.807, 2.05) is 74.5 Å². The standard InChI is InChI=1S/C32H29BrCl2N2O3/c1-18-19(2)25(16-15-24(18)33)36-26(38)14-4-3-9-17-37-29(39)27-28(30(37)40)32(35)21-11-6-5-10-20(21)31(27,34)22-12-7-8-13-23(22)32/h5-8,10-13,15-16,27-28H,3-4,9,14,17H2,1-2H3,(H,36,38)/t27-,28-,31?,32?/m0/s1. The lowest BCUT2D eigenvalue weighted by molar-refractivity contribution is -0.140. The van der Waals surface area contributed by atoms with Crippen molar-refractivity contribution >= 4 is 62.5 Å². The van der Waals surface area contributed by atoms with Gasteiger partial charge in [-0.15, -0.1) is 23.2 Å². The number of nitrogens with zero attached hydrogens (tertiary/aromatic N) is 1. The highest BCUT2D eigenvalue weighted by molar-refractivity contribution is 9.10. The highest BCUT2D eigenvalue weighted by Crippen LogP contribution is 2.69. The first kappa shape index (κ1) is 27.5. The average molecular weight is 640 g/mol. The van der Waals surface area contributed by atoms with Gasteiger partial charge in [0.25, 0.3) is 0 Å². The van der Waals surface area contributed by atoms with Gasteiger partial charge in [-0.05, 0) is 72.2 Å². The van der Waals surface area contributed by atoms with Gasteiger partial charge in [0.2, 0.25) is 17.7 Å². The van der Waals surface area contributed by atoms with E-state index in [1.54, 1.807) is 0 Å². The van der Waals surface area contributed by atoms with Gasteiger partial charge in [-0.1, -0.05) is 70.9 Å². The van der Waals surface area contributed by atoms with Crippen molar-refractivity contribution < 1.29 is 14.4 Å². The van der Waals surface area contributed by atoms with Gasteiger partial charge in [-0.2, -0.15) is 0 Å². The Hall–Kier alpha value is -2.67. The van der Waals surface area contributed by atoms with E-state index in [2.05, 4.69) is 21.2 Å². The number of halogens is 3. The summed E-state index contributed by atoms with van der Waals surface area (Å²) < 4.78 is 1.01. The Labute approximate surface area is 252 Å². The molecule has 206 valence electrons. The molecule has 4 aliphatic rings. The predicted molar refractivity (Wildman–Crippen MR) is 161 cm³/mol. The number of likely N-dealkylation sites (tertiary alicyclic amines) is 1. The van der Waals surface area contributed by atoms with Crippen LogP contribution in [-0.2, 0) is 24.1 Å². The van der Waals surface area contributed by atoms with Crippen LogP contribution in [-0.4, -0.2) is 29.2 Å². The summed E-state index contributed by atoms with van der Waals surface area (Å²) in [5, 5.41) is 2.99. The van der Waals surface area contributed by atoms with Crippen molar-refractivity contribution in [1.82, 2.24) is 4.90 Å². The fourth-order valence-electron chi connectivity index (χ4n) is 6.81. The molecule has 3 aliphatic carbocycles. The Morgan fingerprint density at radius 2 is 1.30 bits per heavy atom. The van der Waals surface area contributed by atoms with Crippen LogP contribution < -0.4 is 5.32 Å². The number of carbonyl (C=O) groups is 3. The molecule has 1 aliphatic heterocycles. The first-order chi connectivity index (χ1) is 19.1. The van der Waals surface area contributed by atoms with E-state index >= 15 is 0 Å². The maximum absolute atomic E-state index is 13.9. The number of alkyl halides is 2. The number of imide groups is 1. The lowest BCUT2D eigenvalue weighted by Crippen LogP contribution is -2.57. The molecule has 1 fully saturated rings. The molecule has 7 rings (SSSR count). The fraction of sp³-hybridized carbons (Fsp3) is 0.344. The maximum atomic E-state index is 13.9. The number of amides is 3. The minimum Gasteiger partial charge on any atom is -0.326 e. The number of anilines is 1. The molecule has 3 aromatic carbocycles. The molecule has 8 heteroatoms. The van der Waals surface area contributed by atoms with Crippen LogP contribution >= 0.6 is 39.1 Å². The van der Waals surface area contributed by atoms with Crippen LogP contribution in [0.3, 0.4) is 0 Å². The zero-order chi connectivity index (χ0) is 28.4. The Kier molecular flexibility index (Phi) is 6.88. The summed E-state index contributed by atoms with van der Waals surface area (Å²) in [6, 6.07) is 19.1. The highest BCUT2D eigenvalue weighted by Gasteiger charge is 2.72. The van der Waals surface area contributed by atoms with Crippen molar-refractivity contribution in [1.29, 1.82) is 0 Å². The third kappa shape index (κ3) is 3.83. The molecule has 3 aromatic rings. The average Bonchev–Trinajstić information content (AvgIpc) is 3.22. The summed E-state index contributed by atoms with van der Waals surface area (Å²) in [6.45, 7) is 4.27. The molecule has 1 heterocycles. The van der Waals surface area contributed by atoms with Crippen molar-refractivity contribution in [2.24, 2.45) is 11.8 Å². The summed E-state index contributed by atoms with van der Waals surface area (Å²) in [6.07, 6.45) is 2.32. The smallest absolute Gasteiger partial charge is 0.235 e. The first-order valence-electron chi connectivity index (χ1n) is 13.6. The molecule has 2 atom stereocenters. The second kappa shape index (κ2) is 10.0. The molecule has 40 heavy (non-hydrogen) atoms. The summed E-state index contributed by atoms with van der Waals surface area (Å²) in [4.78, 5) is 39.3. The molecular formula is C32H29BrCl2N2O3. The third-order valence-corrected chi connectivity index (χ3v) is 11.1. The van der Waals surface area contributed by atoms with Gasteiger partial charge in [0, 0.05) is 23.1 Å². The lowest BCUT2D eigenvalue weighted by atomic mass is 9.54. The molecule has 3 amide bonds. The van der Waals surface area contributed by atoms with E-state index < -0.39 is 21.6 Å². The monoisotopic (exact) mass is 638 g/mol. The largest absolute Gasteiger partial charge is 0.326 e. The van der Waals surface area contributed by atoms with Gasteiger partial charge < -0.3 is 5.32 Å². The number of hydrogen-bond donors (Lipinski definition) is 1. The molecule has 0 aromatic heterocycles. The zero-order valence-electron chi connectivity index (χ0n) is 22.3. The molecule has 0 spiro atoms.